The maximum absolute atomic E-state index is 14.0. The number of benzene rings is 3. The van der Waals surface area contributed by atoms with Crippen molar-refractivity contribution in [3.63, 3.8) is 0 Å². The number of hydrogen-bond donors (Lipinski definition) is 1. The van der Waals surface area contributed by atoms with E-state index < -0.39 is 16.6 Å². The Balaban J connectivity index is 1.88. The molecule has 3 aromatic rings. The van der Waals surface area contributed by atoms with Crippen molar-refractivity contribution in [2.75, 3.05) is 11.9 Å². The first-order valence-corrected chi connectivity index (χ1v) is 11.6. The van der Waals surface area contributed by atoms with Crippen molar-refractivity contribution in [3.8, 4) is 17.6 Å². The second kappa shape index (κ2) is 12.2. The zero-order chi connectivity index (χ0) is 26.2. The van der Waals surface area contributed by atoms with Gasteiger partial charge in [-0.3, -0.25) is 14.9 Å². The summed E-state index contributed by atoms with van der Waals surface area (Å²) >= 11 is 9.43. The van der Waals surface area contributed by atoms with Crippen molar-refractivity contribution < 1.29 is 23.6 Å². The average molecular weight is 575 g/mol. The van der Waals surface area contributed by atoms with Crippen LogP contribution in [-0.4, -0.2) is 17.4 Å². The largest absolute Gasteiger partial charge is 0.490 e. The Hall–Kier alpha value is -3.94. The number of rotatable bonds is 9. The Morgan fingerprint density at radius 3 is 2.67 bits per heavy atom. The van der Waals surface area contributed by atoms with E-state index in [1.807, 2.05) is 6.07 Å². The molecule has 0 unspecified atom stereocenters. The van der Waals surface area contributed by atoms with Gasteiger partial charge in [-0.2, -0.15) is 5.26 Å². The summed E-state index contributed by atoms with van der Waals surface area (Å²) in [5.74, 6) is -0.578. The van der Waals surface area contributed by atoms with Gasteiger partial charge < -0.3 is 14.8 Å². The molecule has 0 aliphatic carbocycles. The summed E-state index contributed by atoms with van der Waals surface area (Å²) in [6.07, 6.45) is 1.31. The van der Waals surface area contributed by atoms with Crippen LogP contribution in [-0.2, 0) is 11.4 Å². The molecule has 3 rings (SSSR count). The van der Waals surface area contributed by atoms with E-state index in [9.17, 15) is 24.6 Å². The van der Waals surface area contributed by atoms with Crippen LogP contribution >= 0.6 is 27.5 Å². The Kier molecular flexibility index (Phi) is 9.00. The lowest BCUT2D eigenvalue weighted by Crippen LogP contribution is -2.14. The van der Waals surface area contributed by atoms with Crippen LogP contribution in [0.5, 0.6) is 11.5 Å². The van der Waals surface area contributed by atoms with Gasteiger partial charge in [-0.25, -0.2) is 4.39 Å². The van der Waals surface area contributed by atoms with Crippen LogP contribution in [0, 0.1) is 27.3 Å². The Labute approximate surface area is 219 Å². The van der Waals surface area contributed by atoms with E-state index in [4.69, 9.17) is 21.1 Å². The summed E-state index contributed by atoms with van der Waals surface area (Å²) < 4.78 is 25.9. The van der Waals surface area contributed by atoms with Gasteiger partial charge in [0.2, 0.25) is 0 Å². The lowest BCUT2D eigenvalue weighted by molar-refractivity contribution is -0.384. The third-order valence-electron chi connectivity index (χ3n) is 4.75. The molecule has 11 heteroatoms. The van der Waals surface area contributed by atoms with Gasteiger partial charge in [0.1, 0.15) is 24.1 Å². The summed E-state index contributed by atoms with van der Waals surface area (Å²) in [5, 5.41) is 23.1. The number of nitrogens with zero attached hydrogens (tertiary/aromatic N) is 2. The predicted octanol–water partition coefficient (Wildman–Crippen LogP) is 6.67. The third kappa shape index (κ3) is 6.59. The third-order valence-corrected chi connectivity index (χ3v) is 5.67. The Morgan fingerprint density at radius 1 is 1.25 bits per heavy atom. The first kappa shape index (κ1) is 26.7. The number of amides is 1. The number of ether oxygens (including phenoxy) is 2. The fourth-order valence-electron chi connectivity index (χ4n) is 3.07. The van der Waals surface area contributed by atoms with Gasteiger partial charge in [0, 0.05) is 17.7 Å². The van der Waals surface area contributed by atoms with Crippen LogP contribution < -0.4 is 14.8 Å². The number of halogens is 3. The molecule has 0 fully saturated rings. The fraction of sp³-hybridized carbons (Fsp3) is 0.120. The number of nitrogens with one attached hydrogen (secondary N) is 1. The van der Waals surface area contributed by atoms with Crippen LogP contribution in [0.15, 0.2) is 64.6 Å². The molecular weight excluding hydrogens is 557 g/mol. The monoisotopic (exact) mass is 573 g/mol. The minimum atomic E-state index is -0.811. The van der Waals surface area contributed by atoms with Crippen LogP contribution in [0.4, 0.5) is 15.8 Å². The van der Waals surface area contributed by atoms with Crippen LogP contribution in [0.1, 0.15) is 18.1 Å². The normalized spacial score (nSPS) is 10.9. The van der Waals surface area contributed by atoms with Gasteiger partial charge in [-0.1, -0.05) is 29.8 Å². The number of hydrogen-bond acceptors (Lipinski definition) is 6. The van der Waals surface area contributed by atoms with E-state index in [1.54, 1.807) is 37.3 Å². The molecule has 184 valence electrons. The minimum Gasteiger partial charge on any atom is -0.490 e. The molecule has 1 N–H and O–H groups in total. The van der Waals surface area contributed by atoms with E-state index in [0.29, 0.717) is 33.7 Å². The summed E-state index contributed by atoms with van der Waals surface area (Å²) in [7, 11) is 0. The minimum absolute atomic E-state index is 0.00917. The molecule has 0 spiro atoms. The average Bonchev–Trinajstić information content (AvgIpc) is 2.84. The molecule has 0 heterocycles. The highest BCUT2D eigenvalue weighted by Gasteiger charge is 2.17. The van der Waals surface area contributed by atoms with Crippen molar-refractivity contribution in [2.24, 2.45) is 0 Å². The number of nitriles is 1. The van der Waals surface area contributed by atoms with Gasteiger partial charge in [0.25, 0.3) is 11.6 Å². The van der Waals surface area contributed by atoms with Crippen LogP contribution in [0.2, 0.25) is 5.02 Å². The highest BCUT2D eigenvalue weighted by Crippen LogP contribution is 2.38. The summed E-state index contributed by atoms with van der Waals surface area (Å²) in [5.41, 5.74) is 0.227. The molecule has 0 aliphatic heterocycles. The molecule has 0 aromatic heterocycles. The molecular formula is C25H18BrClFN3O5. The zero-order valence-corrected chi connectivity index (χ0v) is 21.1. The van der Waals surface area contributed by atoms with Crippen molar-refractivity contribution in [3.05, 3.63) is 96.7 Å². The smallest absolute Gasteiger partial charge is 0.271 e. The fourth-order valence-corrected chi connectivity index (χ4v) is 3.81. The van der Waals surface area contributed by atoms with Gasteiger partial charge in [0.15, 0.2) is 11.5 Å². The molecule has 1 amide bonds. The van der Waals surface area contributed by atoms with E-state index in [0.717, 1.165) is 6.07 Å². The first-order valence-electron chi connectivity index (χ1n) is 10.4. The van der Waals surface area contributed by atoms with Gasteiger partial charge in [-0.05, 0) is 58.8 Å². The van der Waals surface area contributed by atoms with E-state index in [2.05, 4.69) is 21.2 Å². The van der Waals surface area contributed by atoms with Crippen LogP contribution in [0.25, 0.3) is 6.08 Å². The van der Waals surface area contributed by atoms with E-state index >= 15 is 0 Å². The number of carbonyl (C=O) groups is 1. The van der Waals surface area contributed by atoms with Crippen molar-refractivity contribution >= 4 is 50.9 Å². The lowest BCUT2D eigenvalue weighted by Gasteiger charge is -2.15. The molecule has 0 atom stereocenters. The first-order chi connectivity index (χ1) is 17.2. The standard InChI is InChI=1S/C25H18BrClFN3O5/c1-2-35-23-11-15(10-19(26)24(23)36-14-16-5-3-4-6-21(16)28)9-17(13-29)25(32)30-22-12-18(31(33)34)7-8-20(22)27/h3-12H,2,14H2,1H3,(H,30,32)/b17-9+. The SMILES string of the molecule is CCOc1cc(/C=C(\C#N)C(=O)Nc2cc([N+](=O)[O-])ccc2Cl)cc(Br)c1OCc1ccccc1F. The van der Waals surface area contributed by atoms with Gasteiger partial charge in [0.05, 0.1) is 26.7 Å². The predicted molar refractivity (Wildman–Crippen MR) is 136 cm³/mol. The van der Waals surface area contributed by atoms with Gasteiger partial charge in [-0.15, -0.1) is 0 Å². The molecule has 0 bridgehead atoms. The Morgan fingerprint density at radius 2 is 2.00 bits per heavy atom. The van der Waals surface area contributed by atoms with E-state index in [1.165, 1.54) is 24.3 Å². The summed E-state index contributed by atoms with van der Waals surface area (Å²) in [4.78, 5) is 23.1. The van der Waals surface area contributed by atoms with Crippen LogP contribution in [0.3, 0.4) is 0 Å². The maximum Gasteiger partial charge on any atom is 0.271 e. The van der Waals surface area contributed by atoms with E-state index in [-0.39, 0.29) is 28.6 Å². The number of nitro groups is 1. The molecule has 0 aliphatic rings. The molecule has 0 saturated heterocycles. The molecule has 8 nitrogen and oxygen atoms in total. The molecule has 3 aromatic carbocycles. The molecule has 36 heavy (non-hydrogen) atoms. The number of anilines is 1. The lowest BCUT2D eigenvalue weighted by atomic mass is 10.1. The van der Waals surface area contributed by atoms with Crippen molar-refractivity contribution in [1.29, 1.82) is 5.26 Å². The van der Waals surface area contributed by atoms with Crippen molar-refractivity contribution in [1.82, 2.24) is 0 Å². The number of carbonyl (C=O) groups excluding carboxylic acids is 1. The number of nitro benzene ring substituents is 1. The number of non-ortho nitro benzene ring substituents is 1. The zero-order valence-electron chi connectivity index (χ0n) is 18.8. The second-order valence-corrected chi connectivity index (χ2v) is 8.45. The quantitative estimate of drug-likeness (QED) is 0.132. The summed E-state index contributed by atoms with van der Waals surface area (Å²) in [6.45, 7) is 2.02. The highest BCUT2D eigenvalue weighted by molar-refractivity contribution is 9.10. The second-order valence-electron chi connectivity index (χ2n) is 7.19. The molecule has 0 radical (unpaired) electrons. The van der Waals surface area contributed by atoms with Crippen molar-refractivity contribution in [2.45, 2.75) is 13.5 Å². The topological polar surface area (TPSA) is 114 Å². The highest BCUT2D eigenvalue weighted by atomic mass is 79.9. The molecule has 0 saturated carbocycles. The van der Waals surface area contributed by atoms with Gasteiger partial charge >= 0.3 is 0 Å². The Bertz CT molecular complexity index is 1390. The maximum atomic E-state index is 14.0. The summed E-state index contributed by atoms with van der Waals surface area (Å²) in [6, 6.07) is 14.8.